The minimum absolute atomic E-state index is 0.127. The second-order valence-corrected chi connectivity index (χ2v) is 4.33. The van der Waals surface area contributed by atoms with E-state index in [1.807, 2.05) is 0 Å². The van der Waals surface area contributed by atoms with E-state index in [2.05, 4.69) is 0 Å². The Labute approximate surface area is 95.3 Å². The highest BCUT2D eigenvalue weighted by Gasteiger charge is 2.17. The lowest BCUT2D eigenvalue weighted by Crippen LogP contribution is -2.15. The number of rotatable bonds is 6. The SMILES string of the molecule is CC(C)C(=O)/C=C(/CC(=O)C(C)C)C(=O)O. The second kappa shape index (κ2) is 6.20. The quantitative estimate of drug-likeness (QED) is 0.701. The number of carbonyl (C=O) groups is 3. The van der Waals surface area contributed by atoms with Crippen LogP contribution in [-0.2, 0) is 14.4 Å². The van der Waals surface area contributed by atoms with E-state index in [0.717, 1.165) is 6.08 Å². The number of carbonyl (C=O) groups excluding carboxylic acids is 2. The smallest absolute Gasteiger partial charge is 0.332 e. The molecule has 0 unspecified atom stereocenters. The highest BCUT2D eigenvalue weighted by atomic mass is 16.4. The van der Waals surface area contributed by atoms with Crippen LogP contribution in [0, 0.1) is 11.8 Å². The van der Waals surface area contributed by atoms with Gasteiger partial charge in [0.05, 0.1) is 0 Å². The zero-order valence-corrected chi connectivity index (χ0v) is 10.1. The van der Waals surface area contributed by atoms with Crippen LogP contribution in [0.1, 0.15) is 34.1 Å². The van der Waals surface area contributed by atoms with Crippen molar-refractivity contribution < 1.29 is 19.5 Å². The average molecular weight is 226 g/mol. The summed E-state index contributed by atoms with van der Waals surface area (Å²) < 4.78 is 0. The monoisotopic (exact) mass is 226 g/mol. The summed E-state index contributed by atoms with van der Waals surface area (Å²) in [7, 11) is 0. The van der Waals surface area contributed by atoms with Gasteiger partial charge >= 0.3 is 5.97 Å². The minimum atomic E-state index is -1.21. The Morgan fingerprint density at radius 3 is 1.88 bits per heavy atom. The van der Waals surface area contributed by atoms with Gasteiger partial charge in [-0.05, 0) is 6.08 Å². The van der Waals surface area contributed by atoms with Gasteiger partial charge in [-0.1, -0.05) is 27.7 Å². The van der Waals surface area contributed by atoms with Gasteiger partial charge in [0.1, 0.15) is 5.78 Å². The fraction of sp³-hybridized carbons (Fsp3) is 0.583. The van der Waals surface area contributed by atoms with Crippen LogP contribution >= 0.6 is 0 Å². The molecule has 90 valence electrons. The summed E-state index contributed by atoms with van der Waals surface area (Å²) in [5.41, 5.74) is -0.127. The maximum atomic E-state index is 11.4. The molecule has 0 aromatic heterocycles. The molecule has 0 saturated heterocycles. The first-order valence-corrected chi connectivity index (χ1v) is 5.26. The standard InChI is InChI=1S/C12H18O4/c1-7(2)10(13)5-9(12(15)16)6-11(14)8(3)4/h5,7-8H,6H2,1-4H3,(H,15,16)/b9-5-. The maximum absolute atomic E-state index is 11.4. The lowest BCUT2D eigenvalue weighted by Gasteiger charge is -2.05. The van der Waals surface area contributed by atoms with Crippen LogP contribution in [0.4, 0.5) is 0 Å². The van der Waals surface area contributed by atoms with Crippen molar-refractivity contribution in [3.8, 4) is 0 Å². The number of Topliss-reactive ketones (excluding diaryl/α,β-unsaturated/α-hetero) is 1. The summed E-state index contributed by atoms with van der Waals surface area (Å²) in [6.45, 7) is 6.77. The molecule has 0 atom stereocenters. The summed E-state index contributed by atoms with van der Waals surface area (Å²) in [5.74, 6) is -2.14. The van der Waals surface area contributed by atoms with E-state index in [-0.39, 0.29) is 35.4 Å². The fourth-order valence-corrected chi connectivity index (χ4v) is 0.919. The molecule has 0 rings (SSSR count). The van der Waals surface area contributed by atoms with Gasteiger partial charge in [0, 0.05) is 23.8 Å². The summed E-state index contributed by atoms with van der Waals surface area (Å²) in [5, 5.41) is 8.86. The summed E-state index contributed by atoms with van der Waals surface area (Å²) in [4.78, 5) is 33.6. The normalized spacial score (nSPS) is 12.0. The summed E-state index contributed by atoms with van der Waals surface area (Å²) >= 11 is 0. The van der Waals surface area contributed by atoms with Crippen molar-refractivity contribution in [1.82, 2.24) is 0 Å². The molecule has 0 heterocycles. The Kier molecular flexibility index (Phi) is 5.64. The van der Waals surface area contributed by atoms with Crippen molar-refractivity contribution in [1.29, 1.82) is 0 Å². The topological polar surface area (TPSA) is 71.4 Å². The molecule has 4 nitrogen and oxygen atoms in total. The first kappa shape index (κ1) is 14.6. The molecular weight excluding hydrogens is 208 g/mol. The second-order valence-electron chi connectivity index (χ2n) is 4.33. The molecule has 0 aliphatic carbocycles. The van der Waals surface area contributed by atoms with Crippen molar-refractivity contribution >= 4 is 17.5 Å². The van der Waals surface area contributed by atoms with E-state index < -0.39 is 5.97 Å². The third kappa shape index (κ3) is 4.87. The number of hydrogen-bond acceptors (Lipinski definition) is 3. The molecule has 0 aromatic rings. The minimum Gasteiger partial charge on any atom is -0.478 e. The van der Waals surface area contributed by atoms with E-state index in [9.17, 15) is 14.4 Å². The van der Waals surface area contributed by atoms with Crippen molar-refractivity contribution in [3.63, 3.8) is 0 Å². The van der Waals surface area contributed by atoms with Crippen molar-refractivity contribution in [2.24, 2.45) is 11.8 Å². The molecule has 1 N–H and O–H groups in total. The van der Waals surface area contributed by atoms with Gasteiger partial charge in [-0.25, -0.2) is 4.79 Å². The predicted octanol–water partition coefficient (Wildman–Crippen LogP) is 1.84. The zero-order chi connectivity index (χ0) is 12.9. The van der Waals surface area contributed by atoms with Gasteiger partial charge in [-0.15, -0.1) is 0 Å². The molecule has 4 heteroatoms. The van der Waals surface area contributed by atoms with Crippen molar-refractivity contribution in [2.75, 3.05) is 0 Å². The van der Waals surface area contributed by atoms with Crippen LogP contribution in [0.2, 0.25) is 0 Å². The molecule has 16 heavy (non-hydrogen) atoms. The van der Waals surface area contributed by atoms with Gasteiger partial charge < -0.3 is 5.11 Å². The number of hydrogen-bond donors (Lipinski definition) is 1. The largest absolute Gasteiger partial charge is 0.478 e. The maximum Gasteiger partial charge on any atom is 0.332 e. The van der Waals surface area contributed by atoms with E-state index >= 15 is 0 Å². The Morgan fingerprint density at radius 2 is 1.56 bits per heavy atom. The van der Waals surface area contributed by atoms with Gasteiger partial charge in [-0.2, -0.15) is 0 Å². The van der Waals surface area contributed by atoms with Crippen LogP contribution in [0.5, 0.6) is 0 Å². The summed E-state index contributed by atoms with van der Waals surface area (Å²) in [6.07, 6.45) is 0.874. The van der Waals surface area contributed by atoms with Crippen LogP contribution in [-0.4, -0.2) is 22.6 Å². The first-order valence-electron chi connectivity index (χ1n) is 5.26. The van der Waals surface area contributed by atoms with Crippen LogP contribution in [0.25, 0.3) is 0 Å². The number of aliphatic carboxylic acids is 1. The molecular formula is C12H18O4. The molecule has 0 aliphatic heterocycles. The van der Waals surface area contributed by atoms with E-state index in [1.54, 1.807) is 27.7 Å². The Morgan fingerprint density at radius 1 is 1.06 bits per heavy atom. The highest BCUT2D eigenvalue weighted by Crippen LogP contribution is 2.10. The van der Waals surface area contributed by atoms with E-state index in [4.69, 9.17) is 5.11 Å². The van der Waals surface area contributed by atoms with Gasteiger partial charge in [0.25, 0.3) is 0 Å². The fourth-order valence-electron chi connectivity index (χ4n) is 0.919. The lowest BCUT2D eigenvalue weighted by atomic mass is 9.98. The van der Waals surface area contributed by atoms with E-state index in [1.165, 1.54) is 0 Å². The Hall–Kier alpha value is -1.45. The highest BCUT2D eigenvalue weighted by molar-refractivity contribution is 6.02. The zero-order valence-electron chi connectivity index (χ0n) is 10.1. The predicted molar refractivity (Wildman–Crippen MR) is 60.0 cm³/mol. The van der Waals surface area contributed by atoms with Crippen LogP contribution in [0.3, 0.4) is 0 Å². The molecule has 0 fully saturated rings. The van der Waals surface area contributed by atoms with Crippen molar-refractivity contribution in [2.45, 2.75) is 34.1 Å². The van der Waals surface area contributed by atoms with E-state index in [0.29, 0.717) is 0 Å². The van der Waals surface area contributed by atoms with Gasteiger partial charge in [0.2, 0.25) is 0 Å². The molecule has 0 bridgehead atoms. The first-order chi connectivity index (χ1) is 7.25. The number of carboxylic acid groups (broad SMARTS) is 1. The number of allylic oxidation sites excluding steroid dienone is 1. The number of carboxylic acids is 1. The molecule has 0 aliphatic rings. The lowest BCUT2D eigenvalue weighted by molar-refractivity contribution is -0.134. The molecule has 0 saturated carbocycles. The molecule has 0 amide bonds. The van der Waals surface area contributed by atoms with Gasteiger partial charge in [0.15, 0.2) is 5.78 Å². The Balaban J connectivity index is 4.83. The third-order valence-corrected chi connectivity index (χ3v) is 2.17. The molecule has 0 radical (unpaired) electrons. The van der Waals surface area contributed by atoms with Crippen LogP contribution < -0.4 is 0 Å². The molecule has 0 spiro atoms. The van der Waals surface area contributed by atoms with Crippen molar-refractivity contribution in [3.05, 3.63) is 11.6 Å². The van der Waals surface area contributed by atoms with Gasteiger partial charge in [-0.3, -0.25) is 9.59 Å². The number of ketones is 2. The third-order valence-electron chi connectivity index (χ3n) is 2.17. The Bertz CT molecular complexity index is 324. The average Bonchev–Trinajstić information content (AvgIpc) is 2.15. The molecule has 0 aromatic carbocycles. The summed E-state index contributed by atoms with van der Waals surface area (Å²) in [6, 6.07) is 0. The van der Waals surface area contributed by atoms with Crippen LogP contribution in [0.15, 0.2) is 11.6 Å².